The van der Waals surface area contributed by atoms with Crippen LogP contribution in [-0.4, -0.2) is 11.1 Å². The second kappa shape index (κ2) is 9.67. The molecule has 1 aliphatic heterocycles. The van der Waals surface area contributed by atoms with Crippen molar-refractivity contribution in [1.82, 2.24) is 0 Å². The number of aryl methyl sites for hydroxylation is 1. The Hall–Kier alpha value is -3.64. The number of nitrogens with one attached hydrogen (secondary N) is 1. The van der Waals surface area contributed by atoms with Gasteiger partial charge in [0, 0.05) is 0 Å². The summed E-state index contributed by atoms with van der Waals surface area (Å²) in [6.45, 7) is 5.65. The summed E-state index contributed by atoms with van der Waals surface area (Å²) in [7, 11) is 0. The third-order valence-corrected chi connectivity index (χ3v) is 9.03. The van der Waals surface area contributed by atoms with Crippen LogP contribution in [0.3, 0.4) is 0 Å². The van der Waals surface area contributed by atoms with E-state index in [0.717, 1.165) is 35.1 Å². The van der Waals surface area contributed by atoms with E-state index < -0.39 is 27.2 Å². The number of carbonyl (C=O) groups is 1. The number of halogens is 1. The van der Waals surface area contributed by atoms with Gasteiger partial charge >= 0.3 is 226 Å². The van der Waals surface area contributed by atoms with E-state index in [9.17, 15) is 20.0 Å². The van der Waals surface area contributed by atoms with Crippen molar-refractivity contribution in [2.45, 2.75) is 39.7 Å². The number of aromatic carboxylic acids is 1. The third-order valence-electron chi connectivity index (χ3n) is 6.97. The molecular weight excluding hydrogens is 579 g/mol. The minimum absolute atomic E-state index is 0.0834. The normalized spacial score (nSPS) is 17.0. The molecule has 2 N–H and O–H groups in total. The number of benzene rings is 2. The van der Waals surface area contributed by atoms with Crippen molar-refractivity contribution in [2.75, 3.05) is 5.32 Å². The molecule has 0 spiro atoms. The number of hydrogen-bond donors (Lipinski definition) is 2. The maximum atomic E-state index is 13.5. The van der Waals surface area contributed by atoms with Gasteiger partial charge in [-0.2, -0.15) is 0 Å². The first kappa shape index (κ1) is 25.0. The molecule has 0 radical (unpaired) electrons. The number of fused-ring (bicyclic) bond motifs is 1. The van der Waals surface area contributed by atoms with E-state index in [4.69, 9.17) is 4.42 Å². The predicted octanol–water partition coefficient (Wildman–Crippen LogP) is 3.47. The van der Waals surface area contributed by atoms with Crippen LogP contribution in [0.5, 0.6) is 0 Å². The van der Waals surface area contributed by atoms with Crippen molar-refractivity contribution >= 4 is 28.2 Å². The van der Waals surface area contributed by atoms with Crippen molar-refractivity contribution < 1.29 is 35.5 Å². The molecule has 5 rings (SSSR count). The van der Waals surface area contributed by atoms with Crippen molar-refractivity contribution in [3.8, 4) is 6.07 Å². The van der Waals surface area contributed by atoms with Gasteiger partial charge in [-0.15, -0.1) is 0 Å². The van der Waals surface area contributed by atoms with Crippen LogP contribution >= 0.6 is 0 Å². The molecule has 2 aromatic carbocycles. The zero-order valence-electron chi connectivity index (χ0n) is 20.8. The second-order valence-corrected chi connectivity index (χ2v) is 11.6. The van der Waals surface area contributed by atoms with E-state index in [1.807, 2.05) is 38.1 Å². The van der Waals surface area contributed by atoms with E-state index in [1.54, 1.807) is 31.2 Å². The number of carboxylic acids is 1. The van der Waals surface area contributed by atoms with Crippen LogP contribution < -0.4 is 32.0 Å². The summed E-state index contributed by atoms with van der Waals surface area (Å²) in [5.74, 6) is -0.477. The van der Waals surface area contributed by atoms with Crippen LogP contribution in [-0.2, 0) is 0 Å². The van der Waals surface area contributed by atoms with Crippen LogP contribution in [0.15, 0.2) is 71.5 Å². The van der Waals surface area contributed by atoms with Crippen LogP contribution in [0.4, 0.5) is 5.69 Å². The first-order chi connectivity index (χ1) is 17.7. The molecule has 1 atom stereocenters. The van der Waals surface area contributed by atoms with Gasteiger partial charge in [-0.05, 0) is 0 Å². The Morgan fingerprint density at radius 3 is 2.65 bits per heavy atom. The molecule has 0 amide bonds. The van der Waals surface area contributed by atoms with Crippen molar-refractivity contribution in [3.05, 3.63) is 101 Å². The monoisotopic (exact) mass is 605 g/mol. The van der Waals surface area contributed by atoms with Crippen LogP contribution in [0, 0.1) is 30.6 Å². The summed E-state index contributed by atoms with van der Waals surface area (Å²) in [4.78, 5) is 25.2. The Kier molecular flexibility index (Phi) is 6.54. The summed E-state index contributed by atoms with van der Waals surface area (Å²) in [5.41, 5.74) is 4.90. The van der Waals surface area contributed by atoms with Crippen LogP contribution in [0.2, 0.25) is 0 Å². The van der Waals surface area contributed by atoms with Gasteiger partial charge in [-0.1, -0.05) is 0 Å². The first-order valence-corrected chi connectivity index (χ1v) is 14.5. The Morgan fingerprint density at radius 2 is 1.95 bits per heavy atom. The van der Waals surface area contributed by atoms with E-state index in [1.165, 1.54) is 0 Å². The number of carboxylic acid groups (broad SMARTS) is 1. The molecule has 7 heteroatoms. The van der Waals surface area contributed by atoms with Gasteiger partial charge in [0.2, 0.25) is 0 Å². The van der Waals surface area contributed by atoms with Gasteiger partial charge < -0.3 is 0 Å². The number of allylic oxidation sites excluding steroid dienone is 4. The number of nitriles is 1. The van der Waals surface area contributed by atoms with Gasteiger partial charge in [-0.25, -0.2) is 0 Å². The molecule has 1 unspecified atom stereocenters. The zero-order valence-corrected chi connectivity index (χ0v) is 22.9. The Morgan fingerprint density at radius 1 is 1.19 bits per heavy atom. The average Bonchev–Trinajstić information content (AvgIpc) is 3.70. The molecule has 188 valence electrons. The van der Waals surface area contributed by atoms with E-state index >= 15 is 0 Å². The van der Waals surface area contributed by atoms with E-state index in [0.29, 0.717) is 28.0 Å². The zero-order chi connectivity index (χ0) is 26.3. The number of hydrogen-bond acceptors (Lipinski definition) is 5. The summed E-state index contributed by atoms with van der Waals surface area (Å²) < 4.78 is 10.8. The van der Waals surface area contributed by atoms with E-state index in [2.05, 4.69) is 19.6 Å². The fourth-order valence-corrected chi connectivity index (χ4v) is 6.92. The van der Waals surface area contributed by atoms with Gasteiger partial charge in [0.25, 0.3) is 0 Å². The van der Waals surface area contributed by atoms with Crippen molar-refractivity contribution in [1.29, 1.82) is 5.26 Å². The summed E-state index contributed by atoms with van der Waals surface area (Å²) in [6.07, 6.45) is 5.75. The molecule has 1 aromatic heterocycles. The molecule has 1 saturated carbocycles. The summed E-state index contributed by atoms with van der Waals surface area (Å²) in [5, 5.41) is 23.0. The van der Waals surface area contributed by atoms with Crippen LogP contribution in [0.25, 0.3) is 16.5 Å². The molecule has 0 saturated heterocycles. The molecule has 37 heavy (non-hydrogen) atoms. The Balaban J connectivity index is 1.59. The number of anilines is 1. The van der Waals surface area contributed by atoms with Gasteiger partial charge in [0.05, 0.1) is 0 Å². The van der Waals surface area contributed by atoms with Gasteiger partial charge in [-0.3, -0.25) is 0 Å². The molecule has 0 bridgehead atoms. The minimum atomic E-state index is -1.01. The first-order valence-electron chi connectivity index (χ1n) is 12.0. The quantitative estimate of drug-likeness (QED) is 0.418. The van der Waals surface area contributed by atoms with Crippen molar-refractivity contribution in [2.24, 2.45) is 5.41 Å². The molecule has 1 aliphatic carbocycles. The van der Waals surface area contributed by atoms with Crippen molar-refractivity contribution in [3.63, 3.8) is 0 Å². The SMILES string of the molecule is Cc1cc(C(C)Nc2ccccc2C(=O)O)c2oc(C3=C[I-]C=C(C4(C#N)CC4)C=C3)c(C)c(=O)c2c1. The molecular formula is C30H26IN2O4-. The molecule has 2 heterocycles. The second-order valence-electron chi connectivity index (χ2n) is 9.62. The molecule has 1 fully saturated rings. The maximum absolute atomic E-state index is 13.5. The number of nitrogens with zero attached hydrogens (tertiary/aromatic N) is 1. The number of para-hydroxylation sites is 1. The predicted molar refractivity (Wildman–Crippen MR) is 140 cm³/mol. The topological polar surface area (TPSA) is 103 Å². The number of rotatable bonds is 6. The fourth-order valence-electron chi connectivity index (χ4n) is 4.67. The molecule has 3 aromatic rings. The molecule has 6 nitrogen and oxygen atoms in total. The standard InChI is InChI=1S/C30H26IN2O4/c1-17-12-23(19(3)33-25-7-5-4-6-22(25)29(35)36)28-24(13-17)26(34)18(2)27(37-28)20-8-9-21(15-31-14-20)30(16-32)10-11-30/h4-9,12-15,19,33H,10-11H2,1-3H3,(H,35,36)/q-1. The summed E-state index contributed by atoms with van der Waals surface area (Å²) in [6, 6.07) is 12.7. The van der Waals surface area contributed by atoms with Gasteiger partial charge in [0.15, 0.2) is 0 Å². The van der Waals surface area contributed by atoms with Crippen LogP contribution in [0.1, 0.15) is 58.6 Å². The molecule has 2 aliphatic rings. The Labute approximate surface area is 225 Å². The summed E-state index contributed by atoms with van der Waals surface area (Å²) >= 11 is -0.456. The van der Waals surface area contributed by atoms with Gasteiger partial charge in [0.1, 0.15) is 0 Å². The third kappa shape index (κ3) is 4.62. The van der Waals surface area contributed by atoms with E-state index in [-0.39, 0.29) is 22.4 Å². The Bertz CT molecular complexity index is 1630. The fraction of sp³-hybridized carbons (Fsp3) is 0.233. The average molecular weight is 605 g/mol.